The second kappa shape index (κ2) is 8.59. The maximum atomic E-state index is 13.9. The van der Waals surface area contributed by atoms with Crippen LogP contribution < -0.4 is 15.4 Å². The predicted octanol–water partition coefficient (Wildman–Crippen LogP) is 3.85. The van der Waals surface area contributed by atoms with Crippen molar-refractivity contribution in [3.8, 4) is 5.75 Å². The van der Waals surface area contributed by atoms with Crippen LogP contribution in [-0.4, -0.2) is 30.5 Å². The van der Waals surface area contributed by atoms with Crippen molar-refractivity contribution in [1.29, 1.82) is 0 Å². The van der Waals surface area contributed by atoms with E-state index in [0.717, 1.165) is 24.3 Å². The number of carbonyl (C=O) groups excluding carboxylic acids is 2. The second-order valence-electron chi connectivity index (χ2n) is 5.37. The van der Waals surface area contributed by atoms with Crippen molar-refractivity contribution in [1.82, 2.24) is 5.32 Å². The number of nitrogens with one attached hydrogen (secondary N) is 2. The van der Waals surface area contributed by atoms with Crippen LogP contribution in [0.5, 0.6) is 5.75 Å². The molecule has 1 atom stereocenters. The van der Waals surface area contributed by atoms with Crippen molar-refractivity contribution in [2.24, 2.45) is 0 Å². The molecule has 0 heterocycles. The molecule has 6 nitrogen and oxygen atoms in total. The highest BCUT2D eigenvalue weighted by Crippen LogP contribution is 2.34. The summed E-state index contributed by atoms with van der Waals surface area (Å²) in [4.78, 5) is 24.3. The molecule has 2 aromatic carbocycles. The number of halogens is 4. The van der Waals surface area contributed by atoms with Gasteiger partial charge in [-0.05, 0) is 31.2 Å². The number of amides is 2. The van der Waals surface area contributed by atoms with E-state index in [2.05, 4.69) is 4.74 Å². The largest absolute Gasteiger partial charge is 0.461 e. The monoisotopic (exact) mass is 400 g/mol. The standard InChI is InChI=1S/C18H16F4N2O4/c1-2-27-15(25)17(18(20,21)22,28-12-8-4-3-5-9-12)24-16(26)23-14-11-7-6-10-13(14)19/h3-11H,2H2,1H3,(H2,23,24,26)/t17-/m1/s1. The number of rotatable bonds is 6. The van der Waals surface area contributed by atoms with Crippen molar-refractivity contribution in [3.05, 3.63) is 60.4 Å². The van der Waals surface area contributed by atoms with Gasteiger partial charge in [-0.3, -0.25) is 5.32 Å². The topological polar surface area (TPSA) is 76.7 Å². The zero-order chi connectivity index (χ0) is 20.8. The molecule has 0 aromatic heterocycles. The van der Waals surface area contributed by atoms with Crippen LogP contribution in [0.25, 0.3) is 0 Å². The van der Waals surface area contributed by atoms with Gasteiger partial charge in [-0.1, -0.05) is 30.3 Å². The number of anilines is 1. The number of hydrogen-bond acceptors (Lipinski definition) is 4. The summed E-state index contributed by atoms with van der Waals surface area (Å²) in [5, 5.41) is 3.35. The minimum Gasteiger partial charge on any atom is -0.461 e. The lowest BCUT2D eigenvalue weighted by atomic mass is 10.2. The van der Waals surface area contributed by atoms with Crippen molar-refractivity contribution in [3.63, 3.8) is 0 Å². The first kappa shape index (κ1) is 21.0. The third-order valence-electron chi connectivity index (χ3n) is 3.39. The smallest absolute Gasteiger partial charge is 0.460 e. The van der Waals surface area contributed by atoms with E-state index in [1.54, 1.807) is 0 Å². The molecule has 10 heteroatoms. The number of alkyl halides is 3. The number of para-hydroxylation sites is 2. The third-order valence-corrected chi connectivity index (χ3v) is 3.39. The van der Waals surface area contributed by atoms with E-state index >= 15 is 0 Å². The van der Waals surface area contributed by atoms with Gasteiger partial charge in [0, 0.05) is 0 Å². The third kappa shape index (κ3) is 4.70. The van der Waals surface area contributed by atoms with Gasteiger partial charge in [0.15, 0.2) is 0 Å². The Bertz CT molecular complexity index is 830. The van der Waals surface area contributed by atoms with E-state index in [1.807, 2.05) is 5.32 Å². The minimum atomic E-state index is -5.40. The Balaban J connectivity index is 2.39. The molecule has 0 fully saturated rings. The van der Waals surface area contributed by atoms with Crippen molar-refractivity contribution >= 4 is 17.7 Å². The zero-order valence-corrected chi connectivity index (χ0v) is 14.5. The average Bonchev–Trinajstić information content (AvgIpc) is 2.63. The van der Waals surface area contributed by atoms with Gasteiger partial charge in [-0.2, -0.15) is 13.2 Å². The quantitative estimate of drug-likeness (QED) is 0.439. The van der Waals surface area contributed by atoms with Crippen molar-refractivity contribution in [2.45, 2.75) is 18.8 Å². The van der Waals surface area contributed by atoms with Gasteiger partial charge in [-0.15, -0.1) is 0 Å². The Hall–Kier alpha value is -3.30. The summed E-state index contributed by atoms with van der Waals surface area (Å²) < 4.78 is 64.6. The molecule has 0 aliphatic carbocycles. The number of carbonyl (C=O) groups is 2. The Morgan fingerprint density at radius 1 is 1.00 bits per heavy atom. The molecular formula is C18H16F4N2O4. The highest BCUT2D eigenvalue weighted by Gasteiger charge is 2.66. The van der Waals surface area contributed by atoms with E-state index in [1.165, 1.54) is 42.6 Å². The first-order chi connectivity index (χ1) is 13.2. The van der Waals surface area contributed by atoms with Crippen LogP contribution in [0, 0.1) is 5.82 Å². The lowest BCUT2D eigenvalue weighted by molar-refractivity contribution is -0.259. The van der Waals surface area contributed by atoms with Gasteiger partial charge < -0.3 is 14.8 Å². The van der Waals surface area contributed by atoms with Crippen LogP contribution in [0.1, 0.15) is 6.92 Å². The average molecular weight is 400 g/mol. The molecule has 0 bridgehead atoms. The summed E-state index contributed by atoms with van der Waals surface area (Å²) in [6.07, 6.45) is -5.40. The molecule has 0 aliphatic rings. The van der Waals surface area contributed by atoms with Crippen LogP contribution in [0.4, 0.5) is 28.0 Å². The fraction of sp³-hybridized carbons (Fsp3) is 0.222. The molecule has 2 aromatic rings. The molecular weight excluding hydrogens is 384 g/mol. The Kier molecular flexibility index (Phi) is 6.45. The maximum absolute atomic E-state index is 13.9. The highest BCUT2D eigenvalue weighted by atomic mass is 19.4. The summed E-state index contributed by atoms with van der Waals surface area (Å²) in [6, 6.07) is 9.90. The lowest BCUT2D eigenvalue weighted by Crippen LogP contribution is -2.69. The molecule has 150 valence electrons. The molecule has 28 heavy (non-hydrogen) atoms. The second-order valence-corrected chi connectivity index (χ2v) is 5.37. The number of ether oxygens (including phenoxy) is 2. The molecule has 0 unspecified atom stereocenters. The minimum absolute atomic E-state index is 0.348. The Morgan fingerprint density at radius 2 is 1.61 bits per heavy atom. The fourth-order valence-electron chi connectivity index (χ4n) is 2.14. The van der Waals surface area contributed by atoms with Gasteiger partial charge >= 0.3 is 23.9 Å². The maximum Gasteiger partial charge on any atom is 0.460 e. The number of hydrogen-bond donors (Lipinski definition) is 2. The Morgan fingerprint density at radius 3 is 2.18 bits per heavy atom. The highest BCUT2D eigenvalue weighted by molar-refractivity contribution is 5.94. The number of urea groups is 1. The fourth-order valence-corrected chi connectivity index (χ4v) is 2.14. The molecule has 0 saturated heterocycles. The van der Waals surface area contributed by atoms with Gasteiger partial charge in [0.05, 0.1) is 12.3 Å². The van der Waals surface area contributed by atoms with Gasteiger partial charge in [-0.25, -0.2) is 14.0 Å². The van der Waals surface area contributed by atoms with Gasteiger partial charge in [0.1, 0.15) is 11.6 Å². The van der Waals surface area contributed by atoms with Crippen LogP contribution in [0.3, 0.4) is 0 Å². The van der Waals surface area contributed by atoms with Crippen LogP contribution >= 0.6 is 0 Å². The van der Waals surface area contributed by atoms with Crippen LogP contribution in [-0.2, 0) is 9.53 Å². The van der Waals surface area contributed by atoms with Crippen LogP contribution in [0.2, 0.25) is 0 Å². The SMILES string of the molecule is CCOC(=O)[C@@](NC(=O)Nc1ccccc1F)(Oc1ccccc1)C(F)(F)F. The molecule has 0 spiro atoms. The first-order valence-electron chi connectivity index (χ1n) is 8.01. The summed E-state index contributed by atoms with van der Waals surface area (Å²) in [5.74, 6) is -3.11. The van der Waals surface area contributed by atoms with Gasteiger partial charge in [0.25, 0.3) is 0 Å². The van der Waals surface area contributed by atoms with Crippen LogP contribution in [0.15, 0.2) is 54.6 Å². The molecule has 0 saturated carbocycles. The van der Waals surface area contributed by atoms with Crippen molar-refractivity contribution in [2.75, 3.05) is 11.9 Å². The number of esters is 1. The van der Waals surface area contributed by atoms with E-state index < -0.39 is 36.3 Å². The predicted molar refractivity (Wildman–Crippen MR) is 91.0 cm³/mol. The summed E-state index contributed by atoms with van der Waals surface area (Å²) >= 11 is 0. The summed E-state index contributed by atoms with van der Waals surface area (Å²) in [6.45, 7) is 0.895. The summed E-state index contributed by atoms with van der Waals surface area (Å²) in [7, 11) is 0. The molecule has 2 amide bonds. The molecule has 2 N–H and O–H groups in total. The summed E-state index contributed by atoms with van der Waals surface area (Å²) in [5.41, 5.74) is -4.24. The van der Waals surface area contributed by atoms with Crippen molar-refractivity contribution < 1.29 is 36.6 Å². The molecule has 0 aliphatic heterocycles. The van der Waals surface area contributed by atoms with Gasteiger partial charge in [0.2, 0.25) is 0 Å². The van der Waals surface area contributed by atoms with E-state index in [9.17, 15) is 27.2 Å². The van der Waals surface area contributed by atoms with E-state index in [-0.39, 0.29) is 11.4 Å². The molecule has 0 radical (unpaired) electrons. The van der Waals surface area contributed by atoms with E-state index in [4.69, 9.17) is 4.74 Å². The Labute approximate surface area is 157 Å². The number of benzene rings is 2. The normalized spacial score (nSPS) is 13.2. The van der Waals surface area contributed by atoms with E-state index in [0.29, 0.717) is 0 Å². The zero-order valence-electron chi connectivity index (χ0n) is 14.5. The first-order valence-corrected chi connectivity index (χ1v) is 8.01. The lowest BCUT2D eigenvalue weighted by Gasteiger charge is -2.33. The molecule has 2 rings (SSSR count).